The lowest BCUT2D eigenvalue weighted by atomic mass is 10.1. The molecule has 2 aromatic heterocycles. The van der Waals surface area contributed by atoms with Crippen LogP contribution < -0.4 is 16.7 Å². The molecule has 32 heavy (non-hydrogen) atoms. The van der Waals surface area contributed by atoms with E-state index in [4.69, 9.17) is 0 Å². The van der Waals surface area contributed by atoms with Crippen molar-refractivity contribution in [1.29, 1.82) is 0 Å². The molecule has 9 nitrogen and oxygen atoms in total. The van der Waals surface area contributed by atoms with Gasteiger partial charge in [-0.05, 0) is 30.7 Å². The third-order valence-corrected chi connectivity index (χ3v) is 5.66. The zero-order valence-electron chi connectivity index (χ0n) is 17.7. The number of phenols is 1. The fourth-order valence-corrected chi connectivity index (χ4v) is 3.73. The number of hydrogen-bond acceptors (Lipinski definition) is 6. The van der Waals surface area contributed by atoms with Crippen LogP contribution in [0.15, 0.2) is 61.6 Å². The largest absolute Gasteiger partial charge is 0.507 e. The summed E-state index contributed by atoms with van der Waals surface area (Å²) in [6.45, 7) is 2.35. The molecule has 0 radical (unpaired) electrons. The number of aryl methyl sites for hydroxylation is 2. The minimum absolute atomic E-state index is 0.0724. The highest BCUT2D eigenvalue weighted by atomic mass is 79.9. The summed E-state index contributed by atoms with van der Waals surface area (Å²) in [6.07, 6.45) is 1.45. The second-order valence-corrected chi connectivity index (χ2v) is 8.37. The van der Waals surface area contributed by atoms with Gasteiger partial charge in [0, 0.05) is 24.1 Å². The Morgan fingerprint density at radius 2 is 1.84 bits per heavy atom. The molecule has 2 N–H and O–H groups in total. The van der Waals surface area contributed by atoms with Crippen molar-refractivity contribution in [3.63, 3.8) is 0 Å². The van der Waals surface area contributed by atoms with Crippen LogP contribution in [0.4, 0.5) is 5.95 Å². The van der Waals surface area contributed by atoms with Gasteiger partial charge in [-0.25, -0.2) is 10.2 Å². The van der Waals surface area contributed by atoms with Crippen LogP contribution in [0, 0.1) is 6.92 Å². The molecule has 4 rings (SSSR count). The third kappa shape index (κ3) is 3.96. The highest BCUT2D eigenvalue weighted by Gasteiger charge is 2.19. The van der Waals surface area contributed by atoms with E-state index in [2.05, 4.69) is 31.4 Å². The van der Waals surface area contributed by atoms with E-state index < -0.39 is 11.2 Å². The van der Waals surface area contributed by atoms with Gasteiger partial charge in [0.15, 0.2) is 11.2 Å². The number of hydrazone groups is 1. The monoisotopic (exact) mass is 496 g/mol. The van der Waals surface area contributed by atoms with Gasteiger partial charge in [0.25, 0.3) is 5.56 Å². The molecule has 0 fully saturated rings. The van der Waals surface area contributed by atoms with Gasteiger partial charge < -0.3 is 5.11 Å². The molecule has 10 heteroatoms. The van der Waals surface area contributed by atoms with Crippen LogP contribution in [0.3, 0.4) is 0 Å². The van der Waals surface area contributed by atoms with Crippen molar-refractivity contribution in [3.05, 3.63) is 84.5 Å². The average Bonchev–Trinajstić information content (AvgIpc) is 3.13. The summed E-state index contributed by atoms with van der Waals surface area (Å²) < 4.78 is 4.88. The minimum Gasteiger partial charge on any atom is -0.507 e. The number of halogens is 1. The molecule has 164 valence electrons. The van der Waals surface area contributed by atoms with Gasteiger partial charge in [0.2, 0.25) is 5.95 Å². The van der Waals surface area contributed by atoms with Gasteiger partial charge in [-0.2, -0.15) is 10.1 Å². The fraction of sp³-hybridized carbons (Fsp3) is 0.182. The molecule has 2 aromatic carbocycles. The molecule has 0 aliphatic heterocycles. The molecule has 0 atom stereocenters. The van der Waals surface area contributed by atoms with Gasteiger partial charge in [0.05, 0.1) is 12.8 Å². The minimum atomic E-state index is -0.461. The molecule has 0 aliphatic carbocycles. The Labute approximate surface area is 191 Å². The van der Waals surface area contributed by atoms with Crippen LogP contribution in [-0.4, -0.2) is 30.0 Å². The Morgan fingerprint density at radius 3 is 2.56 bits per heavy atom. The van der Waals surface area contributed by atoms with Gasteiger partial charge in [-0.15, -0.1) is 0 Å². The van der Waals surface area contributed by atoms with E-state index in [1.807, 2.05) is 31.2 Å². The van der Waals surface area contributed by atoms with E-state index in [9.17, 15) is 14.7 Å². The predicted molar refractivity (Wildman–Crippen MR) is 128 cm³/mol. The fourth-order valence-electron chi connectivity index (χ4n) is 3.35. The maximum absolute atomic E-state index is 12.9. The number of aromatic hydroxyl groups is 1. The Balaban J connectivity index is 1.82. The van der Waals surface area contributed by atoms with Crippen molar-refractivity contribution >= 4 is 39.3 Å². The Hall–Kier alpha value is -3.66. The van der Waals surface area contributed by atoms with Crippen molar-refractivity contribution in [1.82, 2.24) is 18.7 Å². The number of anilines is 1. The van der Waals surface area contributed by atoms with Crippen LogP contribution >= 0.6 is 15.9 Å². The molecular formula is C22H21BrN6O3. The van der Waals surface area contributed by atoms with E-state index in [1.54, 1.807) is 29.8 Å². The smallest absolute Gasteiger partial charge is 0.332 e. The zero-order chi connectivity index (χ0) is 23.0. The summed E-state index contributed by atoms with van der Waals surface area (Å²) in [5, 5.41) is 14.2. The maximum Gasteiger partial charge on any atom is 0.332 e. The van der Waals surface area contributed by atoms with Crippen molar-refractivity contribution in [2.24, 2.45) is 19.2 Å². The first-order valence-electron chi connectivity index (χ1n) is 9.75. The highest BCUT2D eigenvalue weighted by Crippen LogP contribution is 2.21. The second-order valence-electron chi connectivity index (χ2n) is 7.46. The quantitative estimate of drug-likeness (QED) is 0.326. The lowest BCUT2D eigenvalue weighted by Crippen LogP contribution is -2.37. The van der Waals surface area contributed by atoms with Gasteiger partial charge >= 0.3 is 5.69 Å². The number of phenolic OH excluding ortho intramolecular Hbond substituents is 1. The molecule has 0 unspecified atom stereocenters. The van der Waals surface area contributed by atoms with Gasteiger partial charge in [0.1, 0.15) is 5.75 Å². The summed E-state index contributed by atoms with van der Waals surface area (Å²) in [4.78, 5) is 29.8. The first-order chi connectivity index (χ1) is 15.3. The molecule has 0 aliphatic rings. The molecular weight excluding hydrogens is 476 g/mol. The Kier molecular flexibility index (Phi) is 5.70. The van der Waals surface area contributed by atoms with Crippen molar-refractivity contribution in [2.75, 3.05) is 5.43 Å². The molecule has 0 amide bonds. The van der Waals surface area contributed by atoms with E-state index in [0.29, 0.717) is 18.1 Å². The highest BCUT2D eigenvalue weighted by molar-refractivity contribution is 9.10. The number of rotatable bonds is 5. The lowest BCUT2D eigenvalue weighted by molar-refractivity contribution is 0.474. The predicted octanol–water partition coefficient (Wildman–Crippen LogP) is 2.70. The van der Waals surface area contributed by atoms with Crippen LogP contribution in [0.5, 0.6) is 5.75 Å². The molecule has 0 bridgehead atoms. The molecule has 0 saturated heterocycles. The average molecular weight is 497 g/mol. The van der Waals surface area contributed by atoms with Crippen molar-refractivity contribution in [2.45, 2.75) is 13.5 Å². The van der Waals surface area contributed by atoms with Crippen molar-refractivity contribution in [3.8, 4) is 5.75 Å². The molecule has 0 spiro atoms. The lowest BCUT2D eigenvalue weighted by Gasteiger charge is -2.09. The number of nitrogens with one attached hydrogen (secondary N) is 1. The standard InChI is InChI=1S/C22H21BrN6O3/c1-13-4-6-14(7-5-13)12-29-18-19(27(2)22(32)28(3)20(18)31)25-21(29)26-24-11-15-10-16(23)8-9-17(15)30/h4-11,30H,12H2,1-3H3,(H,25,26)/b24-11+. The summed E-state index contributed by atoms with van der Waals surface area (Å²) in [5.41, 5.74) is 5.08. The third-order valence-electron chi connectivity index (χ3n) is 5.17. The van der Waals surface area contributed by atoms with Gasteiger partial charge in [-0.1, -0.05) is 45.8 Å². The van der Waals surface area contributed by atoms with E-state index in [-0.39, 0.29) is 16.9 Å². The maximum atomic E-state index is 12.9. The molecule has 4 aromatic rings. The second kappa shape index (κ2) is 8.46. The molecule has 2 heterocycles. The number of benzene rings is 2. The Morgan fingerprint density at radius 1 is 1.12 bits per heavy atom. The number of fused-ring (bicyclic) bond motifs is 1. The zero-order valence-corrected chi connectivity index (χ0v) is 19.3. The van der Waals surface area contributed by atoms with Gasteiger partial charge in [-0.3, -0.25) is 18.5 Å². The normalized spacial score (nSPS) is 11.5. The van der Waals surface area contributed by atoms with E-state index >= 15 is 0 Å². The van der Waals surface area contributed by atoms with Crippen LogP contribution in [0.2, 0.25) is 0 Å². The number of imidazole rings is 1. The summed E-state index contributed by atoms with van der Waals surface area (Å²) in [5.74, 6) is 0.368. The summed E-state index contributed by atoms with van der Waals surface area (Å²) in [6, 6.07) is 12.9. The van der Waals surface area contributed by atoms with E-state index in [1.165, 1.54) is 17.8 Å². The SMILES string of the molecule is Cc1ccc(Cn2c(N/N=C/c3cc(Br)ccc3O)nc3c2c(=O)n(C)c(=O)n3C)cc1. The number of aromatic nitrogens is 4. The topological polar surface area (TPSA) is 106 Å². The van der Waals surface area contributed by atoms with Crippen LogP contribution in [-0.2, 0) is 20.6 Å². The van der Waals surface area contributed by atoms with Crippen LogP contribution in [0.25, 0.3) is 11.2 Å². The van der Waals surface area contributed by atoms with Crippen molar-refractivity contribution < 1.29 is 5.11 Å². The summed E-state index contributed by atoms with van der Waals surface area (Å²) >= 11 is 3.36. The number of hydrogen-bond donors (Lipinski definition) is 2. The Bertz CT molecular complexity index is 1460. The first-order valence-corrected chi connectivity index (χ1v) is 10.5. The molecule has 0 saturated carbocycles. The van der Waals surface area contributed by atoms with Crippen LogP contribution in [0.1, 0.15) is 16.7 Å². The number of nitrogens with zero attached hydrogens (tertiary/aromatic N) is 5. The van der Waals surface area contributed by atoms with E-state index in [0.717, 1.165) is 20.2 Å². The summed E-state index contributed by atoms with van der Waals surface area (Å²) in [7, 11) is 3.01. The first kappa shape index (κ1) is 21.6.